The molecular weight excluding hydrogens is 308 g/mol. The summed E-state index contributed by atoms with van der Waals surface area (Å²) >= 11 is 6.41. The number of hydrogen-bond donors (Lipinski definition) is 1. The van der Waals surface area contributed by atoms with E-state index in [-0.39, 0.29) is 26.7 Å². The summed E-state index contributed by atoms with van der Waals surface area (Å²) in [4.78, 5) is 24.6. The Kier molecular flexibility index (Phi) is 3.86. The van der Waals surface area contributed by atoms with Crippen LogP contribution >= 0.6 is 22.9 Å². The Labute approximate surface area is 121 Å². The van der Waals surface area contributed by atoms with E-state index in [1.807, 2.05) is 0 Å². The number of rotatable bonds is 4. The highest BCUT2D eigenvalue weighted by Gasteiger charge is 2.18. The van der Waals surface area contributed by atoms with Crippen LogP contribution in [0.25, 0.3) is 0 Å². The number of non-ortho nitro benzene ring substituents is 1. The van der Waals surface area contributed by atoms with E-state index in [2.05, 4.69) is 4.98 Å². The van der Waals surface area contributed by atoms with Crippen molar-refractivity contribution in [2.45, 2.75) is 6.92 Å². The van der Waals surface area contributed by atoms with E-state index in [9.17, 15) is 14.9 Å². The smallest absolute Gasteiger partial charge is 0.349 e. The molecule has 0 aliphatic carbocycles. The molecule has 1 heterocycles. The van der Waals surface area contributed by atoms with Crippen molar-refractivity contribution in [1.29, 1.82) is 0 Å². The molecule has 0 radical (unpaired) electrons. The first kappa shape index (κ1) is 14.2. The van der Waals surface area contributed by atoms with E-state index in [4.69, 9.17) is 21.4 Å². The first-order valence-electron chi connectivity index (χ1n) is 5.21. The van der Waals surface area contributed by atoms with Gasteiger partial charge in [0.2, 0.25) is 0 Å². The predicted octanol–water partition coefficient (Wildman–Crippen LogP) is 3.50. The van der Waals surface area contributed by atoms with E-state index >= 15 is 0 Å². The highest BCUT2D eigenvalue weighted by molar-refractivity contribution is 7.15. The van der Waals surface area contributed by atoms with Crippen LogP contribution < -0.4 is 4.74 Å². The first-order chi connectivity index (χ1) is 9.38. The highest BCUT2D eigenvalue weighted by Crippen LogP contribution is 2.34. The van der Waals surface area contributed by atoms with Gasteiger partial charge in [-0.05, 0) is 18.6 Å². The normalized spacial score (nSPS) is 10.3. The number of ether oxygens (including phenoxy) is 1. The summed E-state index contributed by atoms with van der Waals surface area (Å²) in [5, 5.41) is 19.4. The number of nitrogens with zero attached hydrogens (tertiary/aromatic N) is 2. The summed E-state index contributed by atoms with van der Waals surface area (Å²) < 4.78 is 5.37. The molecule has 1 aromatic carbocycles. The van der Waals surface area contributed by atoms with Crippen molar-refractivity contribution in [2.75, 3.05) is 0 Å². The maximum atomic E-state index is 10.8. The van der Waals surface area contributed by atoms with E-state index in [1.165, 1.54) is 18.2 Å². The Morgan fingerprint density at radius 3 is 2.80 bits per heavy atom. The Morgan fingerprint density at radius 2 is 2.25 bits per heavy atom. The van der Waals surface area contributed by atoms with Gasteiger partial charge >= 0.3 is 5.97 Å². The summed E-state index contributed by atoms with van der Waals surface area (Å²) in [6.07, 6.45) is 0. The van der Waals surface area contributed by atoms with Gasteiger partial charge in [-0.1, -0.05) is 22.9 Å². The van der Waals surface area contributed by atoms with Crippen molar-refractivity contribution in [1.82, 2.24) is 4.98 Å². The number of benzene rings is 1. The fourth-order valence-corrected chi connectivity index (χ4v) is 2.35. The van der Waals surface area contributed by atoms with Gasteiger partial charge < -0.3 is 9.84 Å². The van der Waals surface area contributed by atoms with E-state index in [0.29, 0.717) is 5.56 Å². The number of hydrogen-bond acceptors (Lipinski definition) is 6. The molecule has 2 rings (SSSR count). The second kappa shape index (κ2) is 5.43. The maximum Gasteiger partial charge on any atom is 0.349 e. The molecule has 104 valence electrons. The molecule has 0 fully saturated rings. The number of nitro benzene ring substituents is 1. The lowest BCUT2D eigenvalue weighted by Crippen LogP contribution is -1.91. The fraction of sp³-hybridized carbons (Fsp3) is 0.0909. The number of carbonyl (C=O) groups is 1. The largest absolute Gasteiger partial charge is 0.477 e. The average Bonchev–Trinajstić information content (AvgIpc) is 2.73. The maximum absolute atomic E-state index is 10.8. The molecule has 0 atom stereocenters. The molecule has 0 spiro atoms. The molecule has 0 unspecified atom stereocenters. The third kappa shape index (κ3) is 2.86. The van der Waals surface area contributed by atoms with Crippen LogP contribution in [-0.2, 0) is 0 Å². The third-order valence-corrected chi connectivity index (χ3v) is 3.65. The molecule has 0 aliphatic heterocycles. The van der Waals surface area contributed by atoms with Crippen LogP contribution in [0.3, 0.4) is 0 Å². The summed E-state index contributed by atoms with van der Waals surface area (Å²) in [6, 6.07) is 4.12. The number of aryl methyl sites for hydroxylation is 1. The molecule has 0 saturated carbocycles. The van der Waals surface area contributed by atoms with Crippen molar-refractivity contribution in [3.63, 3.8) is 0 Å². The molecule has 1 aromatic heterocycles. The molecule has 0 saturated heterocycles. The molecule has 2 aromatic rings. The van der Waals surface area contributed by atoms with Gasteiger partial charge in [0.1, 0.15) is 5.75 Å². The van der Waals surface area contributed by atoms with Crippen LogP contribution in [0.1, 0.15) is 15.2 Å². The van der Waals surface area contributed by atoms with Gasteiger partial charge in [-0.25, -0.2) is 4.79 Å². The second-order valence-corrected chi connectivity index (χ2v) is 5.03. The van der Waals surface area contributed by atoms with Crippen LogP contribution in [0.15, 0.2) is 18.2 Å². The number of carboxylic acids is 1. The zero-order chi connectivity index (χ0) is 14.9. The van der Waals surface area contributed by atoms with Crippen molar-refractivity contribution < 1.29 is 19.6 Å². The lowest BCUT2D eigenvalue weighted by atomic mass is 10.2. The van der Waals surface area contributed by atoms with Crippen LogP contribution in [-0.4, -0.2) is 21.0 Å². The first-order valence-corrected chi connectivity index (χ1v) is 6.40. The summed E-state index contributed by atoms with van der Waals surface area (Å²) in [5.41, 5.74) is 0.519. The minimum absolute atomic E-state index is 0.0102. The van der Waals surface area contributed by atoms with Crippen LogP contribution in [0.2, 0.25) is 5.15 Å². The number of nitro groups is 1. The van der Waals surface area contributed by atoms with Crippen molar-refractivity contribution >= 4 is 34.6 Å². The van der Waals surface area contributed by atoms with Gasteiger partial charge in [0.05, 0.1) is 11.0 Å². The van der Waals surface area contributed by atoms with Crippen LogP contribution in [0.4, 0.5) is 5.69 Å². The van der Waals surface area contributed by atoms with Crippen molar-refractivity contribution in [2.24, 2.45) is 0 Å². The Balaban J connectivity index is 2.34. The molecular formula is C11H7ClN2O5S. The molecule has 7 nitrogen and oxygen atoms in total. The van der Waals surface area contributed by atoms with Gasteiger partial charge in [-0.3, -0.25) is 10.1 Å². The van der Waals surface area contributed by atoms with Crippen LogP contribution in [0, 0.1) is 17.0 Å². The quantitative estimate of drug-likeness (QED) is 0.684. The highest BCUT2D eigenvalue weighted by atomic mass is 35.5. The van der Waals surface area contributed by atoms with Gasteiger partial charge in [0, 0.05) is 6.07 Å². The summed E-state index contributed by atoms with van der Waals surface area (Å²) in [6.45, 7) is 1.70. The Hall–Kier alpha value is -2.19. The Morgan fingerprint density at radius 1 is 1.55 bits per heavy atom. The third-order valence-electron chi connectivity index (χ3n) is 2.34. The molecule has 20 heavy (non-hydrogen) atoms. The minimum Gasteiger partial charge on any atom is -0.477 e. The topological polar surface area (TPSA) is 103 Å². The SMILES string of the molecule is Cc1ccc([N+](=O)[O-])cc1Oc1nc(Cl)c(C(=O)O)s1. The minimum atomic E-state index is -1.21. The number of aromatic nitrogens is 1. The van der Waals surface area contributed by atoms with E-state index < -0.39 is 10.9 Å². The zero-order valence-corrected chi connectivity index (χ0v) is 11.6. The molecule has 0 bridgehead atoms. The summed E-state index contributed by atoms with van der Waals surface area (Å²) in [7, 11) is 0. The zero-order valence-electron chi connectivity index (χ0n) is 9.99. The summed E-state index contributed by atoms with van der Waals surface area (Å²) in [5.74, 6) is -0.986. The predicted molar refractivity (Wildman–Crippen MR) is 72.0 cm³/mol. The van der Waals surface area contributed by atoms with Gasteiger partial charge in [0.15, 0.2) is 10.0 Å². The number of aromatic carboxylic acids is 1. The van der Waals surface area contributed by atoms with E-state index in [0.717, 1.165) is 11.3 Å². The lowest BCUT2D eigenvalue weighted by Gasteiger charge is -2.04. The lowest BCUT2D eigenvalue weighted by molar-refractivity contribution is -0.384. The number of carboxylic acid groups (broad SMARTS) is 1. The van der Waals surface area contributed by atoms with E-state index in [1.54, 1.807) is 6.92 Å². The molecule has 0 amide bonds. The van der Waals surface area contributed by atoms with Crippen molar-refractivity contribution in [3.05, 3.63) is 43.9 Å². The van der Waals surface area contributed by atoms with Gasteiger partial charge in [-0.15, -0.1) is 0 Å². The molecule has 9 heteroatoms. The average molecular weight is 315 g/mol. The number of halogens is 1. The van der Waals surface area contributed by atoms with Crippen LogP contribution in [0.5, 0.6) is 10.9 Å². The second-order valence-electron chi connectivity index (χ2n) is 3.71. The molecule has 1 N–H and O–H groups in total. The molecule has 0 aliphatic rings. The van der Waals surface area contributed by atoms with Gasteiger partial charge in [-0.2, -0.15) is 4.98 Å². The van der Waals surface area contributed by atoms with Crippen molar-refractivity contribution in [3.8, 4) is 10.9 Å². The fourth-order valence-electron chi connectivity index (χ4n) is 1.37. The number of thiazole rings is 1. The Bertz CT molecular complexity index is 700. The van der Waals surface area contributed by atoms with Gasteiger partial charge in [0.25, 0.3) is 10.9 Å². The standard InChI is InChI=1S/C11H7ClN2O5S/c1-5-2-3-6(14(17)18)4-7(5)19-11-13-9(12)8(20-11)10(15)16/h2-4H,1H3,(H,15,16). The monoisotopic (exact) mass is 314 g/mol.